The van der Waals surface area contributed by atoms with E-state index < -0.39 is 11.8 Å². The summed E-state index contributed by atoms with van der Waals surface area (Å²) in [6.45, 7) is 2.21. The maximum atomic E-state index is 12.2. The Morgan fingerprint density at radius 2 is 1.63 bits per heavy atom. The van der Waals surface area contributed by atoms with Crippen molar-refractivity contribution < 1.29 is 19.1 Å². The standard InChI is InChI=1S/C22H21N3O4S/c1-2-28-17-12-10-16(11-13-17)21(27)23-22(30)25-24-20(26)14-29-19-9-5-7-15-6-3-4-8-18(15)19/h3-13H,2,14H2,1H3,(H,24,26)(H2,23,25,27,30). The van der Waals surface area contributed by atoms with Gasteiger partial charge in [-0.05, 0) is 54.9 Å². The van der Waals surface area contributed by atoms with Crippen molar-refractivity contribution in [3.8, 4) is 11.5 Å². The molecule has 154 valence electrons. The van der Waals surface area contributed by atoms with Crippen molar-refractivity contribution in [1.82, 2.24) is 16.2 Å². The molecule has 0 saturated carbocycles. The molecule has 0 atom stereocenters. The van der Waals surface area contributed by atoms with Gasteiger partial charge in [0, 0.05) is 10.9 Å². The van der Waals surface area contributed by atoms with E-state index in [1.807, 2.05) is 43.3 Å². The number of carbonyl (C=O) groups excluding carboxylic acids is 2. The van der Waals surface area contributed by atoms with Crippen LogP contribution in [0.5, 0.6) is 11.5 Å². The number of benzene rings is 3. The Morgan fingerprint density at radius 3 is 2.40 bits per heavy atom. The summed E-state index contributed by atoms with van der Waals surface area (Å²) in [7, 11) is 0. The van der Waals surface area contributed by atoms with E-state index >= 15 is 0 Å². The first-order valence-electron chi connectivity index (χ1n) is 9.30. The van der Waals surface area contributed by atoms with Crippen LogP contribution < -0.4 is 25.6 Å². The Hall–Kier alpha value is -3.65. The molecular formula is C22H21N3O4S. The van der Waals surface area contributed by atoms with E-state index in [2.05, 4.69) is 16.2 Å². The molecule has 2 amide bonds. The first kappa shape index (κ1) is 21.1. The zero-order chi connectivity index (χ0) is 21.3. The van der Waals surface area contributed by atoms with Crippen LogP contribution in [0.3, 0.4) is 0 Å². The van der Waals surface area contributed by atoms with Crippen LogP contribution in [-0.4, -0.2) is 30.1 Å². The van der Waals surface area contributed by atoms with Gasteiger partial charge in [-0.25, -0.2) is 0 Å². The summed E-state index contributed by atoms with van der Waals surface area (Å²) in [5, 5.41) is 4.39. The second-order valence-electron chi connectivity index (χ2n) is 6.18. The molecule has 0 radical (unpaired) electrons. The molecule has 0 aliphatic carbocycles. The van der Waals surface area contributed by atoms with Gasteiger partial charge in [0.2, 0.25) is 0 Å². The number of fused-ring (bicyclic) bond motifs is 1. The number of carbonyl (C=O) groups is 2. The Bertz CT molecular complexity index is 1050. The summed E-state index contributed by atoms with van der Waals surface area (Å²) in [4.78, 5) is 24.2. The SMILES string of the molecule is CCOc1ccc(C(=O)NC(=S)NNC(=O)COc2cccc3ccccc23)cc1. The topological polar surface area (TPSA) is 88.7 Å². The minimum Gasteiger partial charge on any atom is -0.494 e. The lowest BCUT2D eigenvalue weighted by atomic mass is 10.1. The number of hydrogen-bond acceptors (Lipinski definition) is 5. The van der Waals surface area contributed by atoms with E-state index in [0.29, 0.717) is 23.7 Å². The second kappa shape index (κ2) is 10.2. The lowest BCUT2D eigenvalue weighted by molar-refractivity contribution is -0.123. The average Bonchev–Trinajstić information content (AvgIpc) is 2.77. The van der Waals surface area contributed by atoms with Crippen LogP contribution in [-0.2, 0) is 4.79 Å². The lowest BCUT2D eigenvalue weighted by Gasteiger charge is -2.12. The van der Waals surface area contributed by atoms with Crippen molar-refractivity contribution >= 4 is 39.9 Å². The summed E-state index contributed by atoms with van der Waals surface area (Å²) < 4.78 is 10.9. The molecule has 0 aromatic heterocycles. The van der Waals surface area contributed by atoms with E-state index in [1.54, 1.807) is 30.3 Å². The van der Waals surface area contributed by atoms with Crippen molar-refractivity contribution in [3.63, 3.8) is 0 Å². The van der Waals surface area contributed by atoms with Gasteiger partial charge in [0.05, 0.1) is 6.61 Å². The van der Waals surface area contributed by atoms with Crippen molar-refractivity contribution in [2.75, 3.05) is 13.2 Å². The average molecular weight is 423 g/mol. The molecule has 0 spiro atoms. The molecule has 3 rings (SSSR count). The Labute approximate surface area is 179 Å². The van der Waals surface area contributed by atoms with Gasteiger partial charge in [-0.3, -0.25) is 25.8 Å². The molecule has 0 aliphatic rings. The Morgan fingerprint density at radius 1 is 0.900 bits per heavy atom. The molecular weight excluding hydrogens is 402 g/mol. The van der Waals surface area contributed by atoms with Crippen LogP contribution in [0.15, 0.2) is 66.7 Å². The molecule has 8 heteroatoms. The summed E-state index contributed by atoms with van der Waals surface area (Å²) in [6.07, 6.45) is 0. The van der Waals surface area contributed by atoms with Gasteiger partial charge in [-0.1, -0.05) is 36.4 Å². The second-order valence-corrected chi connectivity index (χ2v) is 6.59. The van der Waals surface area contributed by atoms with Gasteiger partial charge in [-0.15, -0.1) is 0 Å². The smallest absolute Gasteiger partial charge is 0.276 e. The fraction of sp³-hybridized carbons (Fsp3) is 0.136. The fourth-order valence-corrected chi connectivity index (χ4v) is 2.85. The summed E-state index contributed by atoms with van der Waals surface area (Å²) in [5.74, 6) is 0.431. The van der Waals surface area contributed by atoms with Gasteiger partial charge >= 0.3 is 0 Å². The van der Waals surface area contributed by atoms with Crippen molar-refractivity contribution in [3.05, 3.63) is 72.3 Å². The highest BCUT2D eigenvalue weighted by Crippen LogP contribution is 2.24. The first-order chi connectivity index (χ1) is 14.6. The molecule has 3 aromatic rings. The van der Waals surface area contributed by atoms with Crippen LogP contribution in [0.2, 0.25) is 0 Å². The predicted molar refractivity (Wildman–Crippen MR) is 118 cm³/mol. The maximum absolute atomic E-state index is 12.2. The highest BCUT2D eigenvalue weighted by molar-refractivity contribution is 7.80. The van der Waals surface area contributed by atoms with E-state index in [1.165, 1.54) is 0 Å². The number of thiocarbonyl (C=S) groups is 1. The summed E-state index contributed by atoms with van der Waals surface area (Å²) in [5.41, 5.74) is 5.29. The van der Waals surface area contributed by atoms with Crippen LogP contribution in [0.25, 0.3) is 10.8 Å². The van der Waals surface area contributed by atoms with E-state index in [0.717, 1.165) is 10.8 Å². The quantitative estimate of drug-likeness (QED) is 0.417. The number of nitrogens with one attached hydrogen (secondary N) is 3. The number of hydrazine groups is 1. The fourth-order valence-electron chi connectivity index (χ4n) is 2.70. The third-order valence-corrected chi connectivity index (χ3v) is 4.28. The molecule has 30 heavy (non-hydrogen) atoms. The normalized spacial score (nSPS) is 10.2. The number of hydrogen-bond donors (Lipinski definition) is 3. The summed E-state index contributed by atoms with van der Waals surface area (Å²) in [6, 6.07) is 20.0. The van der Waals surface area contributed by atoms with Gasteiger partial charge in [-0.2, -0.15) is 0 Å². The lowest BCUT2D eigenvalue weighted by Crippen LogP contribution is -2.49. The highest BCUT2D eigenvalue weighted by Gasteiger charge is 2.10. The third-order valence-electron chi connectivity index (χ3n) is 4.08. The largest absolute Gasteiger partial charge is 0.494 e. The van der Waals surface area contributed by atoms with Crippen molar-refractivity contribution in [1.29, 1.82) is 0 Å². The zero-order valence-corrected chi connectivity index (χ0v) is 17.1. The third kappa shape index (κ3) is 5.68. The molecule has 0 saturated heterocycles. The first-order valence-corrected chi connectivity index (χ1v) is 9.71. The van der Waals surface area contributed by atoms with Crippen LogP contribution in [0.4, 0.5) is 0 Å². The van der Waals surface area contributed by atoms with Gasteiger partial charge in [0.1, 0.15) is 11.5 Å². The maximum Gasteiger partial charge on any atom is 0.276 e. The van der Waals surface area contributed by atoms with E-state index in [9.17, 15) is 9.59 Å². The molecule has 3 N–H and O–H groups in total. The monoisotopic (exact) mass is 423 g/mol. The minimum atomic E-state index is -0.444. The molecule has 7 nitrogen and oxygen atoms in total. The predicted octanol–water partition coefficient (Wildman–Crippen LogP) is 2.95. The van der Waals surface area contributed by atoms with Crippen LogP contribution >= 0.6 is 12.2 Å². The van der Waals surface area contributed by atoms with Crippen LogP contribution in [0.1, 0.15) is 17.3 Å². The minimum absolute atomic E-state index is 0.0348. The molecule has 3 aromatic carbocycles. The van der Waals surface area contributed by atoms with Crippen molar-refractivity contribution in [2.24, 2.45) is 0 Å². The Balaban J connectivity index is 1.45. The van der Waals surface area contributed by atoms with Gasteiger partial charge < -0.3 is 9.47 Å². The Kier molecular flexibility index (Phi) is 7.18. The molecule has 0 fully saturated rings. The number of amides is 2. The number of rotatable bonds is 6. The molecule has 0 aliphatic heterocycles. The number of ether oxygens (including phenoxy) is 2. The molecule has 0 heterocycles. The van der Waals surface area contributed by atoms with Gasteiger partial charge in [0.25, 0.3) is 11.8 Å². The van der Waals surface area contributed by atoms with E-state index in [4.69, 9.17) is 21.7 Å². The highest BCUT2D eigenvalue weighted by atomic mass is 32.1. The van der Waals surface area contributed by atoms with Crippen molar-refractivity contribution in [2.45, 2.75) is 6.92 Å². The van der Waals surface area contributed by atoms with E-state index in [-0.39, 0.29) is 11.7 Å². The molecule has 0 unspecified atom stereocenters. The summed E-state index contributed by atoms with van der Waals surface area (Å²) >= 11 is 5.03. The van der Waals surface area contributed by atoms with Crippen LogP contribution in [0, 0.1) is 0 Å². The van der Waals surface area contributed by atoms with Gasteiger partial charge in [0.15, 0.2) is 11.7 Å². The zero-order valence-electron chi connectivity index (χ0n) is 16.3. The molecule has 0 bridgehead atoms.